The van der Waals surface area contributed by atoms with Crippen LogP contribution in [0.15, 0.2) is 29.3 Å². The van der Waals surface area contributed by atoms with Crippen LogP contribution in [0.1, 0.15) is 33.5 Å². The van der Waals surface area contributed by atoms with E-state index < -0.39 is 5.97 Å². The smallest absolute Gasteiger partial charge is 0.348 e. The molecule has 6 nitrogen and oxygen atoms in total. The first-order valence-electron chi connectivity index (χ1n) is 7.38. The van der Waals surface area contributed by atoms with Crippen molar-refractivity contribution in [2.75, 3.05) is 6.61 Å². The third-order valence-electron chi connectivity index (χ3n) is 3.40. The quantitative estimate of drug-likeness (QED) is 0.737. The van der Waals surface area contributed by atoms with Gasteiger partial charge in [0.2, 0.25) is 0 Å². The second-order valence-corrected chi connectivity index (χ2v) is 6.03. The number of rotatable bonds is 4. The molecular weight excluding hydrogens is 326 g/mol. The van der Waals surface area contributed by atoms with Crippen molar-refractivity contribution in [2.24, 2.45) is 0 Å². The minimum atomic E-state index is -0.426. The van der Waals surface area contributed by atoms with Crippen LogP contribution in [0.2, 0.25) is 0 Å². The molecule has 0 aliphatic rings. The van der Waals surface area contributed by atoms with Crippen molar-refractivity contribution in [3.63, 3.8) is 0 Å². The summed E-state index contributed by atoms with van der Waals surface area (Å²) in [5.74, 6) is -0.00198. The average Bonchev–Trinajstić information content (AvgIpc) is 2.91. The number of H-pyrrole nitrogens is 1. The number of hydrogen-bond donors (Lipinski definition) is 1. The first-order chi connectivity index (χ1) is 11.6. The highest BCUT2D eigenvalue weighted by molar-refractivity contribution is 7.20. The molecule has 0 fully saturated rings. The lowest BCUT2D eigenvalue weighted by Gasteiger charge is -1.98. The number of hydrogen-bond acceptors (Lipinski definition) is 6. The summed E-state index contributed by atoms with van der Waals surface area (Å²) >= 11 is 1.17. The topological polar surface area (TPSA) is 84.9 Å². The summed E-state index contributed by atoms with van der Waals surface area (Å²) in [6.45, 7) is 3.76. The molecule has 1 N–H and O–H groups in total. The predicted octanol–water partition coefficient (Wildman–Crippen LogP) is 3.04. The second-order valence-electron chi connectivity index (χ2n) is 5.03. The molecule has 0 unspecified atom stereocenters. The van der Waals surface area contributed by atoms with Crippen LogP contribution in [0.3, 0.4) is 0 Å². The van der Waals surface area contributed by atoms with Gasteiger partial charge >= 0.3 is 5.97 Å². The summed E-state index contributed by atoms with van der Waals surface area (Å²) in [5, 5.41) is 0.432. The van der Waals surface area contributed by atoms with Gasteiger partial charge in [0.15, 0.2) is 0 Å². The van der Waals surface area contributed by atoms with Crippen molar-refractivity contribution in [3.05, 3.63) is 56.7 Å². The predicted molar refractivity (Wildman–Crippen MR) is 94.1 cm³/mol. The molecule has 0 aliphatic carbocycles. The molecule has 0 saturated carbocycles. The number of thiophene rings is 1. The summed E-state index contributed by atoms with van der Waals surface area (Å²) in [4.78, 5) is 36.4. The number of pyridine rings is 1. The van der Waals surface area contributed by atoms with Gasteiger partial charge in [-0.25, -0.2) is 9.78 Å². The van der Waals surface area contributed by atoms with E-state index in [0.717, 1.165) is 5.56 Å². The van der Waals surface area contributed by atoms with Crippen molar-refractivity contribution in [1.82, 2.24) is 15.0 Å². The van der Waals surface area contributed by atoms with Crippen molar-refractivity contribution in [2.45, 2.75) is 13.8 Å². The first kappa shape index (κ1) is 16.1. The van der Waals surface area contributed by atoms with E-state index in [1.54, 1.807) is 32.3 Å². The summed E-state index contributed by atoms with van der Waals surface area (Å²) in [6, 6.07) is 3.72. The molecule has 3 heterocycles. The molecule has 3 aromatic rings. The van der Waals surface area contributed by atoms with Gasteiger partial charge in [0.05, 0.1) is 12.0 Å². The summed E-state index contributed by atoms with van der Waals surface area (Å²) in [7, 11) is 0. The number of ether oxygens (including phenoxy) is 1. The number of nitrogens with zero attached hydrogens (tertiary/aromatic N) is 2. The summed E-state index contributed by atoms with van der Waals surface area (Å²) in [6.07, 6.45) is 6.91. The van der Waals surface area contributed by atoms with E-state index in [-0.39, 0.29) is 12.2 Å². The molecule has 24 heavy (non-hydrogen) atoms. The monoisotopic (exact) mass is 341 g/mol. The van der Waals surface area contributed by atoms with Crippen LogP contribution in [-0.4, -0.2) is 27.5 Å². The van der Waals surface area contributed by atoms with Crippen LogP contribution in [0, 0.1) is 6.92 Å². The third kappa shape index (κ3) is 3.11. The number of carbonyl (C=O) groups excluding carboxylic acids is 1. The highest BCUT2D eigenvalue weighted by Gasteiger charge is 2.19. The standard InChI is InChI=1S/C17H15N3O3S/c1-3-23-17(22)14-10(2)13-15(21)19-12(20-16(13)24-14)7-6-11-5-4-8-18-9-11/h4-9H,3H2,1-2H3,(H,19,20,21)/b7-6+. The van der Waals surface area contributed by atoms with Gasteiger partial charge in [-0.15, -0.1) is 11.3 Å². The van der Waals surface area contributed by atoms with Crippen LogP contribution < -0.4 is 5.56 Å². The maximum atomic E-state index is 12.3. The number of fused-ring (bicyclic) bond motifs is 1. The number of carbonyl (C=O) groups is 1. The van der Waals surface area contributed by atoms with Crippen molar-refractivity contribution < 1.29 is 9.53 Å². The van der Waals surface area contributed by atoms with Gasteiger partial charge in [0, 0.05) is 12.4 Å². The number of aromatic nitrogens is 3. The van der Waals surface area contributed by atoms with E-state index in [1.807, 2.05) is 18.2 Å². The van der Waals surface area contributed by atoms with Gasteiger partial charge in [0.1, 0.15) is 15.5 Å². The van der Waals surface area contributed by atoms with E-state index in [9.17, 15) is 9.59 Å². The molecule has 0 bridgehead atoms. The van der Waals surface area contributed by atoms with Gasteiger partial charge in [-0.2, -0.15) is 0 Å². The molecule has 3 aromatic heterocycles. The van der Waals surface area contributed by atoms with E-state index in [0.29, 0.717) is 26.5 Å². The number of nitrogens with one attached hydrogen (secondary N) is 1. The third-order valence-corrected chi connectivity index (χ3v) is 4.56. The normalized spacial score (nSPS) is 11.2. The molecule has 7 heteroatoms. The maximum Gasteiger partial charge on any atom is 0.348 e. The minimum absolute atomic E-state index is 0.268. The zero-order chi connectivity index (χ0) is 17.1. The Morgan fingerprint density at radius 3 is 2.96 bits per heavy atom. The summed E-state index contributed by atoms with van der Waals surface area (Å²) in [5.41, 5.74) is 1.23. The molecule has 122 valence electrons. The highest BCUT2D eigenvalue weighted by atomic mass is 32.1. The van der Waals surface area contributed by atoms with E-state index in [4.69, 9.17) is 4.74 Å². The van der Waals surface area contributed by atoms with Crippen LogP contribution in [-0.2, 0) is 4.74 Å². The van der Waals surface area contributed by atoms with Crippen molar-refractivity contribution >= 4 is 39.7 Å². The van der Waals surface area contributed by atoms with Crippen molar-refractivity contribution in [3.8, 4) is 0 Å². The number of aryl methyl sites for hydroxylation is 1. The Morgan fingerprint density at radius 1 is 1.42 bits per heavy atom. The molecule has 0 radical (unpaired) electrons. The minimum Gasteiger partial charge on any atom is -0.462 e. The zero-order valence-electron chi connectivity index (χ0n) is 13.2. The Morgan fingerprint density at radius 2 is 2.25 bits per heavy atom. The molecule has 0 aliphatic heterocycles. The lowest BCUT2D eigenvalue weighted by atomic mass is 10.2. The molecule has 0 saturated heterocycles. The molecule has 0 spiro atoms. The van der Waals surface area contributed by atoms with E-state index in [2.05, 4.69) is 15.0 Å². The van der Waals surface area contributed by atoms with Gasteiger partial charge in [0.25, 0.3) is 5.56 Å². The fraction of sp³-hybridized carbons (Fsp3) is 0.176. The van der Waals surface area contributed by atoms with Gasteiger partial charge in [-0.05, 0) is 43.2 Å². The Bertz CT molecular complexity index is 974. The summed E-state index contributed by atoms with van der Waals surface area (Å²) < 4.78 is 5.02. The molecule has 3 rings (SSSR count). The van der Waals surface area contributed by atoms with Gasteiger partial charge < -0.3 is 9.72 Å². The SMILES string of the molecule is CCOC(=O)c1sc2nc(/C=C/c3cccnc3)[nH]c(=O)c2c1C. The Kier molecular flexibility index (Phi) is 4.52. The van der Waals surface area contributed by atoms with Crippen LogP contribution in [0.5, 0.6) is 0 Å². The second kappa shape index (κ2) is 6.76. The van der Waals surface area contributed by atoms with Crippen molar-refractivity contribution in [1.29, 1.82) is 0 Å². The molecule has 0 aromatic carbocycles. The van der Waals surface area contributed by atoms with Crippen LogP contribution >= 0.6 is 11.3 Å². The fourth-order valence-electron chi connectivity index (χ4n) is 2.28. The Balaban J connectivity index is 2.03. The Labute approximate surface area is 141 Å². The van der Waals surface area contributed by atoms with Gasteiger partial charge in [-0.3, -0.25) is 9.78 Å². The largest absolute Gasteiger partial charge is 0.462 e. The average molecular weight is 341 g/mol. The highest BCUT2D eigenvalue weighted by Crippen LogP contribution is 2.27. The van der Waals surface area contributed by atoms with Gasteiger partial charge in [-0.1, -0.05) is 6.07 Å². The number of aromatic amines is 1. The number of esters is 1. The lowest BCUT2D eigenvalue weighted by molar-refractivity contribution is 0.0531. The van der Waals surface area contributed by atoms with E-state index >= 15 is 0 Å². The lowest BCUT2D eigenvalue weighted by Crippen LogP contribution is -2.10. The van der Waals surface area contributed by atoms with E-state index in [1.165, 1.54) is 11.3 Å². The molecule has 0 amide bonds. The zero-order valence-corrected chi connectivity index (χ0v) is 14.0. The molecule has 0 atom stereocenters. The van der Waals surface area contributed by atoms with Crippen LogP contribution in [0.25, 0.3) is 22.4 Å². The fourth-order valence-corrected chi connectivity index (χ4v) is 3.36. The first-order valence-corrected chi connectivity index (χ1v) is 8.20. The Hall–Kier alpha value is -2.80. The molecular formula is C17H15N3O3S. The van der Waals surface area contributed by atoms with Crippen LogP contribution in [0.4, 0.5) is 0 Å². The maximum absolute atomic E-state index is 12.3.